The van der Waals surface area contributed by atoms with Crippen LogP contribution >= 0.6 is 0 Å². The van der Waals surface area contributed by atoms with Crippen LogP contribution in [-0.2, 0) is 4.74 Å². The van der Waals surface area contributed by atoms with Crippen molar-refractivity contribution in [2.75, 3.05) is 14.2 Å². The number of ether oxygens (including phenoxy) is 5. The number of rotatable bonds is 6. The van der Waals surface area contributed by atoms with Gasteiger partial charge in [-0.2, -0.15) is 0 Å². The topological polar surface area (TPSA) is 97.4 Å². The van der Waals surface area contributed by atoms with Crippen LogP contribution in [0.1, 0.15) is 20.7 Å². The Morgan fingerprint density at radius 1 is 0.516 bits per heavy atom. The summed E-state index contributed by atoms with van der Waals surface area (Å²) in [5.41, 5.74) is 0.542. The maximum atomic E-state index is 12.3. The number of carbonyl (C=O) groups excluding carboxylic acids is 3. The summed E-state index contributed by atoms with van der Waals surface area (Å²) < 4.78 is 24.9. The van der Waals surface area contributed by atoms with Crippen LogP contribution in [0.2, 0.25) is 0 Å². The lowest BCUT2D eigenvalue weighted by atomic mass is 10.2. The monoisotopic (exact) mass is 422 g/mol. The SMILES string of the molecule is COC(=O)Oc1ccc(C(=O)Oc2ccc(C(=O)Oc3ccc(OC)cc3)cc2)cc1. The van der Waals surface area contributed by atoms with E-state index in [0.29, 0.717) is 17.1 Å². The molecule has 0 radical (unpaired) electrons. The smallest absolute Gasteiger partial charge is 0.497 e. The van der Waals surface area contributed by atoms with E-state index in [4.69, 9.17) is 18.9 Å². The maximum absolute atomic E-state index is 12.3. The van der Waals surface area contributed by atoms with Gasteiger partial charge in [-0.05, 0) is 72.8 Å². The van der Waals surface area contributed by atoms with E-state index in [9.17, 15) is 14.4 Å². The van der Waals surface area contributed by atoms with Crippen molar-refractivity contribution >= 4 is 18.1 Å². The lowest BCUT2D eigenvalue weighted by Gasteiger charge is -2.07. The van der Waals surface area contributed by atoms with Gasteiger partial charge in [-0.1, -0.05) is 0 Å². The van der Waals surface area contributed by atoms with Crippen molar-refractivity contribution < 1.29 is 38.1 Å². The van der Waals surface area contributed by atoms with Gasteiger partial charge in [0.1, 0.15) is 23.0 Å². The number of hydrogen-bond donors (Lipinski definition) is 0. The summed E-state index contributed by atoms with van der Waals surface area (Å²) in [5.74, 6) is 0.337. The maximum Gasteiger partial charge on any atom is 0.513 e. The van der Waals surface area contributed by atoms with E-state index in [0.717, 1.165) is 0 Å². The predicted octanol–water partition coefficient (Wildman–Crippen LogP) is 4.28. The van der Waals surface area contributed by atoms with E-state index in [2.05, 4.69) is 4.74 Å². The van der Waals surface area contributed by atoms with Crippen molar-refractivity contribution in [3.63, 3.8) is 0 Å². The van der Waals surface area contributed by atoms with Gasteiger partial charge < -0.3 is 23.7 Å². The van der Waals surface area contributed by atoms with Gasteiger partial charge in [0.15, 0.2) is 0 Å². The molecule has 0 N–H and O–H groups in total. The van der Waals surface area contributed by atoms with Crippen molar-refractivity contribution in [3.8, 4) is 23.0 Å². The van der Waals surface area contributed by atoms with Crippen LogP contribution in [-0.4, -0.2) is 32.3 Å². The highest BCUT2D eigenvalue weighted by molar-refractivity contribution is 5.92. The Morgan fingerprint density at radius 2 is 0.871 bits per heavy atom. The van der Waals surface area contributed by atoms with E-state index in [1.807, 2.05) is 0 Å². The highest BCUT2D eigenvalue weighted by atomic mass is 16.7. The molecule has 0 saturated carbocycles. The summed E-state index contributed by atoms with van der Waals surface area (Å²) in [6.45, 7) is 0. The molecule has 0 spiro atoms. The fourth-order valence-electron chi connectivity index (χ4n) is 2.43. The minimum Gasteiger partial charge on any atom is -0.497 e. The summed E-state index contributed by atoms with van der Waals surface area (Å²) in [4.78, 5) is 35.6. The first-order chi connectivity index (χ1) is 15.0. The van der Waals surface area contributed by atoms with Gasteiger partial charge in [-0.15, -0.1) is 0 Å². The highest BCUT2D eigenvalue weighted by Crippen LogP contribution is 2.20. The Kier molecular flexibility index (Phi) is 6.85. The fraction of sp³-hybridized carbons (Fsp3) is 0.0870. The first-order valence-electron chi connectivity index (χ1n) is 9.03. The second kappa shape index (κ2) is 9.93. The highest BCUT2D eigenvalue weighted by Gasteiger charge is 2.12. The second-order valence-corrected chi connectivity index (χ2v) is 6.06. The van der Waals surface area contributed by atoms with Gasteiger partial charge in [-0.3, -0.25) is 0 Å². The molecule has 0 bridgehead atoms. The van der Waals surface area contributed by atoms with Crippen LogP contribution in [0.15, 0.2) is 72.8 Å². The largest absolute Gasteiger partial charge is 0.513 e. The molecule has 0 aromatic heterocycles. The summed E-state index contributed by atoms with van der Waals surface area (Å²) in [6.07, 6.45) is -0.860. The molecule has 158 valence electrons. The Hall–Kier alpha value is -4.33. The van der Waals surface area contributed by atoms with E-state index in [1.54, 1.807) is 31.4 Å². The Bertz CT molecular complexity index is 1050. The van der Waals surface area contributed by atoms with Crippen molar-refractivity contribution in [3.05, 3.63) is 83.9 Å². The molecular formula is C23H18O8. The van der Waals surface area contributed by atoms with Crippen molar-refractivity contribution in [2.24, 2.45) is 0 Å². The molecule has 0 saturated heterocycles. The lowest BCUT2D eigenvalue weighted by Crippen LogP contribution is -2.11. The van der Waals surface area contributed by atoms with Crippen molar-refractivity contribution in [1.82, 2.24) is 0 Å². The molecule has 0 aliphatic rings. The Balaban J connectivity index is 1.58. The van der Waals surface area contributed by atoms with Crippen LogP contribution in [0.25, 0.3) is 0 Å². The first-order valence-corrected chi connectivity index (χ1v) is 9.03. The van der Waals surface area contributed by atoms with Gasteiger partial charge in [-0.25, -0.2) is 14.4 Å². The zero-order valence-electron chi connectivity index (χ0n) is 16.7. The van der Waals surface area contributed by atoms with E-state index in [1.165, 1.54) is 55.6 Å². The van der Waals surface area contributed by atoms with Gasteiger partial charge in [0, 0.05) is 0 Å². The summed E-state index contributed by atoms with van der Waals surface area (Å²) in [6, 6.07) is 18.3. The zero-order chi connectivity index (χ0) is 22.2. The minimum absolute atomic E-state index is 0.225. The molecule has 0 amide bonds. The molecule has 0 aliphatic heterocycles. The molecule has 0 fully saturated rings. The first kappa shape index (κ1) is 21.4. The van der Waals surface area contributed by atoms with Crippen LogP contribution in [0.4, 0.5) is 4.79 Å². The molecular weight excluding hydrogens is 404 g/mol. The normalized spacial score (nSPS) is 10.0. The molecule has 0 aliphatic carbocycles. The van der Waals surface area contributed by atoms with E-state index >= 15 is 0 Å². The van der Waals surface area contributed by atoms with Gasteiger partial charge in [0.2, 0.25) is 0 Å². The molecule has 3 rings (SSSR count). The number of carbonyl (C=O) groups is 3. The summed E-state index contributed by atoms with van der Waals surface area (Å²) >= 11 is 0. The van der Waals surface area contributed by atoms with E-state index < -0.39 is 18.1 Å². The van der Waals surface area contributed by atoms with Gasteiger partial charge >= 0.3 is 18.1 Å². The Labute approximate surface area is 177 Å². The molecule has 31 heavy (non-hydrogen) atoms. The quantitative estimate of drug-likeness (QED) is 0.330. The van der Waals surface area contributed by atoms with Crippen molar-refractivity contribution in [2.45, 2.75) is 0 Å². The molecule has 3 aromatic carbocycles. The van der Waals surface area contributed by atoms with E-state index in [-0.39, 0.29) is 17.1 Å². The van der Waals surface area contributed by atoms with Crippen LogP contribution in [0.3, 0.4) is 0 Å². The molecule has 0 heterocycles. The number of benzene rings is 3. The third-order valence-electron chi connectivity index (χ3n) is 4.03. The number of hydrogen-bond acceptors (Lipinski definition) is 8. The second-order valence-electron chi connectivity index (χ2n) is 6.06. The number of esters is 2. The van der Waals surface area contributed by atoms with Crippen LogP contribution in [0.5, 0.6) is 23.0 Å². The summed E-state index contributed by atoms with van der Waals surface area (Å²) in [5, 5.41) is 0. The predicted molar refractivity (Wildman–Crippen MR) is 109 cm³/mol. The third kappa shape index (κ3) is 5.83. The molecule has 0 unspecified atom stereocenters. The standard InChI is InChI=1S/C23H18O8/c1-27-17-11-13-19(14-12-17)30-22(25)15-3-7-18(8-4-15)29-21(24)16-5-9-20(10-6-16)31-23(26)28-2/h3-14H,1-2H3. The third-order valence-corrected chi connectivity index (χ3v) is 4.03. The van der Waals surface area contributed by atoms with Gasteiger partial charge in [0.05, 0.1) is 25.3 Å². The lowest BCUT2D eigenvalue weighted by molar-refractivity contribution is 0.0730. The van der Waals surface area contributed by atoms with Crippen LogP contribution in [0, 0.1) is 0 Å². The minimum atomic E-state index is -0.860. The number of methoxy groups -OCH3 is 2. The van der Waals surface area contributed by atoms with Gasteiger partial charge in [0.25, 0.3) is 0 Å². The average Bonchev–Trinajstić information content (AvgIpc) is 2.80. The average molecular weight is 422 g/mol. The van der Waals surface area contributed by atoms with Crippen LogP contribution < -0.4 is 18.9 Å². The molecule has 0 atom stereocenters. The Morgan fingerprint density at radius 3 is 1.26 bits per heavy atom. The molecule has 3 aromatic rings. The van der Waals surface area contributed by atoms with Crippen molar-refractivity contribution in [1.29, 1.82) is 0 Å². The molecule has 8 nitrogen and oxygen atoms in total. The molecule has 8 heteroatoms. The summed E-state index contributed by atoms with van der Waals surface area (Å²) in [7, 11) is 2.74. The zero-order valence-corrected chi connectivity index (χ0v) is 16.7. The fourth-order valence-corrected chi connectivity index (χ4v) is 2.43.